The number of esters is 1. The van der Waals surface area contributed by atoms with Crippen molar-refractivity contribution in [3.8, 4) is 0 Å². The van der Waals surface area contributed by atoms with E-state index in [1.165, 1.54) is 7.11 Å². The Labute approximate surface area is 141 Å². The van der Waals surface area contributed by atoms with Gasteiger partial charge in [-0.05, 0) is 40.5 Å². The van der Waals surface area contributed by atoms with Crippen LogP contribution in [0.5, 0.6) is 0 Å². The first kappa shape index (κ1) is 17.1. The Bertz CT molecular complexity index is 712. The number of halogens is 2. The number of aromatic nitrogens is 2. The molecule has 0 saturated heterocycles. The van der Waals surface area contributed by atoms with E-state index in [1.807, 2.05) is 6.92 Å². The summed E-state index contributed by atoms with van der Waals surface area (Å²) in [6, 6.07) is 5.04. The van der Waals surface area contributed by atoms with Crippen LogP contribution in [-0.2, 0) is 4.74 Å². The highest BCUT2D eigenvalue weighted by atomic mass is 79.9. The van der Waals surface area contributed by atoms with E-state index in [9.17, 15) is 9.18 Å². The molecule has 1 aromatic carbocycles. The van der Waals surface area contributed by atoms with E-state index < -0.39 is 11.8 Å². The zero-order valence-corrected chi connectivity index (χ0v) is 14.3. The van der Waals surface area contributed by atoms with Crippen LogP contribution in [0.2, 0.25) is 0 Å². The number of carbonyl (C=O) groups is 1. The van der Waals surface area contributed by atoms with Crippen molar-refractivity contribution in [3.05, 3.63) is 40.2 Å². The molecule has 0 aliphatic carbocycles. The van der Waals surface area contributed by atoms with E-state index >= 15 is 0 Å². The number of nitrogens with zero attached hydrogens (tertiary/aromatic N) is 2. The van der Waals surface area contributed by atoms with Gasteiger partial charge in [0.05, 0.1) is 18.9 Å². The summed E-state index contributed by atoms with van der Waals surface area (Å²) in [5.74, 6) is -0.626. The van der Waals surface area contributed by atoms with Crippen LogP contribution in [0.4, 0.5) is 21.8 Å². The van der Waals surface area contributed by atoms with E-state index in [0.29, 0.717) is 22.3 Å². The molecule has 0 unspecified atom stereocenters. The van der Waals surface area contributed by atoms with Gasteiger partial charge in [0.15, 0.2) is 11.6 Å². The van der Waals surface area contributed by atoms with E-state index in [1.54, 1.807) is 18.2 Å². The van der Waals surface area contributed by atoms with Crippen molar-refractivity contribution in [1.29, 1.82) is 0 Å². The highest BCUT2D eigenvalue weighted by Gasteiger charge is 2.12. The fourth-order valence-corrected chi connectivity index (χ4v) is 2.20. The number of ether oxygens (including phenoxy) is 1. The van der Waals surface area contributed by atoms with Gasteiger partial charge in [-0.1, -0.05) is 6.92 Å². The number of benzene rings is 1. The Morgan fingerprint density at radius 3 is 2.91 bits per heavy atom. The summed E-state index contributed by atoms with van der Waals surface area (Å²) in [6.07, 6.45) is 1.94. The highest BCUT2D eigenvalue weighted by Crippen LogP contribution is 2.24. The molecule has 6 nitrogen and oxygen atoms in total. The lowest BCUT2D eigenvalue weighted by atomic mass is 10.2. The van der Waals surface area contributed by atoms with Gasteiger partial charge >= 0.3 is 5.97 Å². The molecule has 0 saturated carbocycles. The van der Waals surface area contributed by atoms with Gasteiger partial charge in [0.25, 0.3) is 0 Å². The number of hydrogen-bond donors (Lipinski definition) is 2. The Morgan fingerprint density at radius 2 is 2.22 bits per heavy atom. The summed E-state index contributed by atoms with van der Waals surface area (Å²) in [5.41, 5.74) is 0.950. The number of rotatable bonds is 6. The predicted molar refractivity (Wildman–Crippen MR) is 89.5 cm³/mol. The lowest BCUT2D eigenvalue weighted by Gasteiger charge is -2.10. The Kier molecular flexibility index (Phi) is 5.86. The van der Waals surface area contributed by atoms with Gasteiger partial charge in [0.2, 0.25) is 5.95 Å². The third-order valence-electron chi connectivity index (χ3n) is 2.91. The number of hydrogen-bond acceptors (Lipinski definition) is 6. The minimum atomic E-state index is -0.518. The second kappa shape index (κ2) is 7.87. The first-order valence-corrected chi connectivity index (χ1v) is 7.75. The first-order chi connectivity index (χ1) is 11.0. The van der Waals surface area contributed by atoms with Gasteiger partial charge in [0, 0.05) is 16.7 Å². The van der Waals surface area contributed by atoms with Crippen molar-refractivity contribution < 1.29 is 13.9 Å². The molecule has 1 aromatic heterocycles. The van der Waals surface area contributed by atoms with Crippen molar-refractivity contribution in [1.82, 2.24) is 9.97 Å². The molecule has 0 amide bonds. The second-order valence-electron chi connectivity index (χ2n) is 4.63. The lowest BCUT2D eigenvalue weighted by molar-refractivity contribution is 0.0599. The molecule has 122 valence electrons. The quantitative estimate of drug-likeness (QED) is 0.741. The van der Waals surface area contributed by atoms with Crippen molar-refractivity contribution >= 4 is 39.4 Å². The molecule has 0 fully saturated rings. The van der Waals surface area contributed by atoms with Crippen LogP contribution in [0.25, 0.3) is 0 Å². The van der Waals surface area contributed by atoms with Gasteiger partial charge in [-0.3, -0.25) is 0 Å². The summed E-state index contributed by atoms with van der Waals surface area (Å²) < 4.78 is 18.9. The molecule has 0 radical (unpaired) electrons. The second-order valence-corrected chi connectivity index (χ2v) is 5.48. The van der Waals surface area contributed by atoms with Crippen LogP contribution in [0.3, 0.4) is 0 Å². The van der Waals surface area contributed by atoms with Crippen molar-refractivity contribution in [2.75, 3.05) is 24.3 Å². The van der Waals surface area contributed by atoms with Gasteiger partial charge < -0.3 is 15.4 Å². The number of anilines is 3. The zero-order chi connectivity index (χ0) is 16.8. The van der Waals surface area contributed by atoms with Crippen LogP contribution in [0, 0.1) is 5.82 Å². The van der Waals surface area contributed by atoms with Gasteiger partial charge in [-0.25, -0.2) is 14.2 Å². The van der Waals surface area contributed by atoms with Crippen molar-refractivity contribution in [2.45, 2.75) is 13.3 Å². The third kappa shape index (κ3) is 4.38. The van der Waals surface area contributed by atoms with Gasteiger partial charge in [-0.2, -0.15) is 4.98 Å². The Morgan fingerprint density at radius 1 is 1.43 bits per heavy atom. The molecule has 8 heteroatoms. The fourth-order valence-electron chi connectivity index (χ4n) is 1.79. The molecule has 2 aromatic rings. The zero-order valence-electron chi connectivity index (χ0n) is 12.7. The summed E-state index contributed by atoms with van der Waals surface area (Å²) in [5, 5.41) is 5.83. The molecule has 23 heavy (non-hydrogen) atoms. The largest absolute Gasteiger partial charge is 0.465 e. The molecule has 2 N–H and O–H groups in total. The van der Waals surface area contributed by atoms with E-state index in [4.69, 9.17) is 4.74 Å². The number of nitrogens with one attached hydrogen (secondary N) is 2. The lowest BCUT2D eigenvalue weighted by Crippen LogP contribution is -2.08. The summed E-state index contributed by atoms with van der Waals surface area (Å²) in [4.78, 5) is 19.7. The van der Waals surface area contributed by atoms with Crippen LogP contribution in [0.1, 0.15) is 23.7 Å². The van der Waals surface area contributed by atoms with E-state index in [0.717, 1.165) is 12.6 Å². The minimum Gasteiger partial charge on any atom is -0.465 e. The highest BCUT2D eigenvalue weighted by molar-refractivity contribution is 9.10. The molecule has 0 atom stereocenters. The first-order valence-electron chi connectivity index (χ1n) is 6.96. The SMILES string of the molecule is CCCNc1nc(Nc2ccc(Br)c(C(=O)OC)c2)ncc1F. The predicted octanol–water partition coefficient (Wildman–Crippen LogP) is 3.73. The van der Waals surface area contributed by atoms with Crippen molar-refractivity contribution in [2.24, 2.45) is 0 Å². The molecular weight excluding hydrogens is 367 g/mol. The maximum atomic E-state index is 13.6. The van der Waals surface area contributed by atoms with E-state index in [-0.39, 0.29) is 11.8 Å². The maximum Gasteiger partial charge on any atom is 0.339 e. The monoisotopic (exact) mass is 382 g/mol. The van der Waals surface area contributed by atoms with Crippen LogP contribution in [0.15, 0.2) is 28.9 Å². The minimum absolute atomic E-state index is 0.134. The van der Waals surface area contributed by atoms with Crippen LogP contribution in [-0.4, -0.2) is 29.6 Å². The number of carbonyl (C=O) groups excluding carboxylic acids is 1. The van der Waals surface area contributed by atoms with Crippen LogP contribution >= 0.6 is 15.9 Å². The van der Waals surface area contributed by atoms with Gasteiger partial charge in [0.1, 0.15) is 0 Å². The third-order valence-corrected chi connectivity index (χ3v) is 3.61. The summed E-state index contributed by atoms with van der Waals surface area (Å²) in [7, 11) is 1.31. The molecule has 2 rings (SSSR count). The standard InChI is InChI=1S/C15H16BrFN4O2/c1-3-6-18-13-12(17)8-19-15(21-13)20-9-4-5-11(16)10(7-9)14(22)23-2/h4-5,7-8H,3,6H2,1-2H3,(H2,18,19,20,21). The number of methoxy groups -OCH3 is 1. The van der Waals surface area contributed by atoms with Gasteiger partial charge in [-0.15, -0.1) is 0 Å². The molecule has 0 aliphatic heterocycles. The topological polar surface area (TPSA) is 76.1 Å². The molecule has 0 aliphatic rings. The fraction of sp³-hybridized carbons (Fsp3) is 0.267. The normalized spacial score (nSPS) is 10.3. The van der Waals surface area contributed by atoms with E-state index in [2.05, 4.69) is 36.5 Å². The molecular formula is C15H16BrFN4O2. The Balaban J connectivity index is 2.23. The maximum absolute atomic E-state index is 13.6. The molecule has 0 bridgehead atoms. The summed E-state index contributed by atoms with van der Waals surface area (Å²) in [6.45, 7) is 2.58. The Hall–Kier alpha value is -2.22. The van der Waals surface area contributed by atoms with Crippen molar-refractivity contribution in [3.63, 3.8) is 0 Å². The van der Waals surface area contributed by atoms with Crippen LogP contribution < -0.4 is 10.6 Å². The average Bonchev–Trinajstić information content (AvgIpc) is 2.56. The smallest absolute Gasteiger partial charge is 0.339 e. The molecule has 1 heterocycles. The molecule has 0 spiro atoms. The summed E-state index contributed by atoms with van der Waals surface area (Å²) >= 11 is 3.29. The average molecular weight is 383 g/mol.